The van der Waals surface area contributed by atoms with Crippen LogP contribution in [0.5, 0.6) is 0 Å². The molecule has 1 atom stereocenters. The molecule has 0 aromatic carbocycles. The summed E-state index contributed by atoms with van der Waals surface area (Å²) in [7, 11) is 1.97. The number of piperazine rings is 1. The van der Waals surface area contributed by atoms with E-state index in [9.17, 15) is 14.0 Å². The molecule has 0 radical (unpaired) electrons. The third-order valence-electron chi connectivity index (χ3n) is 8.31. The van der Waals surface area contributed by atoms with Gasteiger partial charge in [0.25, 0.3) is 0 Å². The molecule has 2 aliphatic carbocycles. The van der Waals surface area contributed by atoms with Gasteiger partial charge in [0.05, 0.1) is 6.54 Å². The van der Waals surface area contributed by atoms with Crippen molar-refractivity contribution in [2.45, 2.75) is 83.8 Å². The molecule has 204 valence electrons. The summed E-state index contributed by atoms with van der Waals surface area (Å²) in [4.78, 5) is 34.0. The lowest BCUT2D eigenvalue weighted by Gasteiger charge is -2.43. The molecular formula is C29H49FN4O2. The molecule has 0 aromatic heterocycles. The maximum Gasteiger partial charge on any atom is 0.236 e. The van der Waals surface area contributed by atoms with Gasteiger partial charge in [-0.05, 0) is 66.3 Å². The minimum absolute atomic E-state index is 0.0449. The molecule has 6 nitrogen and oxygen atoms in total. The summed E-state index contributed by atoms with van der Waals surface area (Å²) in [5.74, 6) is 0.348. The summed E-state index contributed by atoms with van der Waals surface area (Å²) in [6.45, 7) is 11.4. The van der Waals surface area contributed by atoms with Gasteiger partial charge in [-0.25, -0.2) is 4.39 Å². The van der Waals surface area contributed by atoms with Crippen molar-refractivity contribution in [2.24, 2.45) is 5.92 Å². The number of allylic oxidation sites excluding steroid dienone is 4. The van der Waals surface area contributed by atoms with Crippen molar-refractivity contribution < 1.29 is 14.0 Å². The Hall–Kier alpha value is -1.73. The van der Waals surface area contributed by atoms with Crippen LogP contribution in [-0.4, -0.2) is 103 Å². The van der Waals surface area contributed by atoms with E-state index in [4.69, 9.17) is 0 Å². The Morgan fingerprint density at radius 2 is 1.83 bits per heavy atom. The summed E-state index contributed by atoms with van der Waals surface area (Å²) < 4.78 is 14.1. The highest BCUT2D eigenvalue weighted by molar-refractivity contribution is 5.78. The van der Waals surface area contributed by atoms with Gasteiger partial charge in [-0.1, -0.05) is 30.2 Å². The SMILES string of the molecule is CCN(CCN(C)CC(=O)N1CCN(C2CCC2)CC1)C(=O)CCCCC1=CCC(C(C)(C)F)C=C1. The highest BCUT2D eigenvalue weighted by atomic mass is 19.1. The lowest BCUT2D eigenvalue weighted by Crippen LogP contribution is -2.55. The number of likely N-dealkylation sites (N-methyl/N-ethyl adjacent to an activating group) is 2. The van der Waals surface area contributed by atoms with Crippen molar-refractivity contribution >= 4 is 11.8 Å². The molecule has 36 heavy (non-hydrogen) atoms. The fourth-order valence-electron chi connectivity index (χ4n) is 5.37. The summed E-state index contributed by atoms with van der Waals surface area (Å²) in [5.41, 5.74) is 0.0755. The molecule has 7 heteroatoms. The van der Waals surface area contributed by atoms with Gasteiger partial charge in [-0.3, -0.25) is 19.4 Å². The zero-order valence-corrected chi connectivity index (χ0v) is 23.2. The first-order valence-corrected chi connectivity index (χ1v) is 14.2. The van der Waals surface area contributed by atoms with E-state index in [-0.39, 0.29) is 17.7 Å². The number of carbonyl (C=O) groups is 2. The highest BCUT2D eigenvalue weighted by Crippen LogP contribution is 2.31. The first kappa shape index (κ1) is 28.8. The monoisotopic (exact) mass is 504 g/mol. The number of halogens is 1. The number of nitrogens with zero attached hydrogens (tertiary/aromatic N) is 4. The molecule has 0 bridgehead atoms. The molecule has 3 aliphatic rings. The van der Waals surface area contributed by atoms with Gasteiger partial charge < -0.3 is 9.80 Å². The minimum atomic E-state index is -1.18. The second kappa shape index (κ2) is 13.7. The van der Waals surface area contributed by atoms with Crippen molar-refractivity contribution in [3.63, 3.8) is 0 Å². The Morgan fingerprint density at radius 3 is 2.39 bits per heavy atom. The van der Waals surface area contributed by atoms with Gasteiger partial charge in [0, 0.05) is 64.2 Å². The molecule has 0 aromatic rings. The van der Waals surface area contributed by atoms with Crippen LogP contribution < -0.4 is 0 Å². The van der Waals surface area contributed by atoms with E-state index in [1.807, 2.05) is 34.7 Å². The summed E-state index contributed by atoms with van der Waals surface area (Å²) in [6, 6.07) is 0.756. The fraction of sp³-hybridized carbons (Fsp3) is 0.793. The van der Waals surface area contributed by atoms with Crippen LogP contribution in [0, 0.1) is 5.92 Å². The van der Waals surface area contributed by atoms with Crippen molar-refractivity contribution in [1.82, 2.24) is 19.6 Å². The average molecular weight is 505 g/mol. The van der Waals surface area contributed by atoms with Gasteiger partial charge >= 0.3 is 0 Å². The van der Waals surface area contributed by atoms with Gasteiger partial charge in [0.2, 0.25) is 11.8 Å². The molecule has 1 saturated carbocycles. The molecule has 2 amide bonds. The lowest BCUT2D eigenvalue weighted by atomic mass is 9.84. The normalized spacial score (nSPS) is 21.4. The number of unbranched alkanes of at least 4 members (excludes halogenated alkanes) is 1. The van der Waals surface area contributed by atoms with Crippen LogP contribution in [0.25, 0.3) is 0 Å². The standard InChI is InChI=1S/C29H49FN4O2/c1-5-32(27(35)12-7-6-9-24-13-15-25(16-14-24)29(2,3)30)18-17-31(4)23-28(36)34-21-19-33(20-22-34)26-10-8-11-26/h13-15,25-26H,5-12,16-23H2,1-4H3. The van der Waals surface area contributed by atoms with E-state index >= 15 is 0 Å². The third kappa shape index (κ3) is 8.69. The first-order chi connectivity index (χ1) is 17.2. The zero-order chi connectivity index (χ0) is 26.1. The maximum atomic E-state index is 14.1. The van der Waals surface area contributed by atoms with Gasteiger partial charge in [0.15, 0.2) is 0 Å². The van der Waals surface area contributed by atoms with Gasteiger partial charge in [-0.2, -0.15) is 0 Å². The van der Waals surface area contributed by atoms with E-state index in [2.05, 4.69) is 17.1 Å². The molecular weight excluding hydrogens is 455 g/mol. The quantitative estimate of drug-likeness (QED) is 0.352. The summed E-state index contributed by atoms with van der Waals surface area (Å²) in [6.07, 6.45) is 14.3. The molecule has 1 unspecified atom stereocenters. The van der Waals surface area contributed by atoms with Gasteiger partial charge in [-0.15, -0.1) is 0 Å². The van der Waals surface area contributed by atoms with E-state index in [0.717, 1.165) is 57.9 Å². The van der Waals surface area contributed by atoms with Crippen LogP contribution in [0.1, 0.15) is 72.1 Å². The Kier molecular flexibility index (Phi) is 11.0. The van der Waals surface area contributed by atoms with Crippen LogP contribution in [0.15, 0.2) is 23.8 Å². The van der Waals surface area contributed by atoms with Crippen molar-refractivity contribution in [3.8, 4) is 0 Å². The van der Waals surface area contributed by atoms with Crippen LogP contribution in [-0.2, 0) is 9.59 Å². The smallest absolute Gasteiger partial charge is 0.236 e. The number of carbonyl (C=O) groups excluding carboxylic acids is 2. The van der Waals surface area contributed by atoms with Gasteiger partial charge in [0.1, 0.15) is 5.67 Å². The Labute approximate surface area is 218 Å². The number of amides is 2. The Morgan fingerprint density at radius 1 is 1.11 bits per heavy atom. The highest BCUT2D eigenvalue weighted by Gasteiger charge is 2.30. The van der Waals surface area contributed by atoms with E-state index in [1.165, 1.54) is 24.8 Å². The Balaban J connectivity index is 1.28. The van der Waals surface area contributed by atoms with E-state index in [0.29, 0.717) is 32.6 Å². The van der Waals surface area contributed by atoms with Crippen molar-refractivity contribution in [1.29, 1.82) is 0 Å². The number of hydrogen-bond donors (Lipinski definition) is 0. The van der Waals surface area contributed by atoms with Crippen LogP contribution >= 0.6 is 0 Å². The summed E-state index contributed by atoms with van der Waals surface area (Å²) in [5, 5.41) is 0. The molecule has 3 rings (SSSR count). The fourth-order valence-corrected chi connectivity index (χ4v) is 5.37. The van der Waals surface area contributed by atoms with Crippen molar-refractivity contribution in [3.05, 3.63) is 23.8 Å². The number of rotatable bonds is 13. The Bertz CT molecular complexity index is 779. The van der Waals surface area contributed by atoms with Crippen LogP contribution in [0.2, 0.25) is 0 Å². The predicted octanol–water partition coefficient (Wildman–Crippen LogP) is 4.27. The minimum Gasteiger partial charge on any atom is -0.342 e. The second-order valence-electron chi connectivity index (χ2n) is 11.5. The predicted molar refractivity (Wildman–Crippen MR) is 145 cm³/mol. The molecule has 1 heterocycles. The summed E-state index contributed by atoms with van der Waals surface area (Å²) >= 11 is 0. The second-order valence-corrected chi connectivity index (χ2v) is 11.5. The maximum absolute atomic E-state index is 14.1. The van der Waals surface area contributed by atoms with Crippen LogP contribution in [0.4, 0.5) is 4.39 Å². The van der Waals surface area contributed by atoms with E-state index in [1.54, 1.807) is 13.8 Å². The molecule has 2 fully saturated rings. The lowest BCUT2D eigenvalue weighted by molar-refractivity contribution is -0.134. The largest absolute Gasteiger partial charge is 0.342 e. The van der Waals surface area contributed by atoms with E-state index < -0.39 is 5.67 Å². The topological polar surface area (TPSA) is 47.1 Å². The van der Waals surface area contributed by atoms with Crippen LogP contribution in [0.3, 0.4) is 0 Å². The average Bonchev–Trinajstić information content (AvgIpc) is 2.81. The number of alkyl halides is 1. The first-order valence-electron chi connectivity index (χ1n) is 14.2. The van der Waals surface area contributed by atoms with Crippen molar-refractivity contribution in [2.75, 3.05) is 59.4 Å². The molecule has 1 aliphatic heterocycles. The third-order valence-corrected chi connectivity index (χ3v) is 8.31. The zero-order valence-electron chi connectivity index (χ0n) is 23.2. The molecule has 0 N–H and O–H groups in total. The molecule has 0 spiro atoms. The number of hydrogen-bond acceptors (Lipinski definition) is 4. The molecule has 1 saturated heterocycles.